The van der Waals surface area contributed by atoms with Crippen LogP contribution in [0.3, 0.4) is 0 Å². The van der Waals surface area contributed by atoms with Crippen molar-refractivity contribution < 1.29 is 9.90 Å². The highest BCUT2D eigenvalue weighted by atomic mass is 16.3. The maximum Gasteiger partial charge on any atom is 0.244 e. The van der Waals surface area contributed by atoms with Crippen molar-refractivity contribution in [3.8, 4) is 5.75 Å². The normalized spacial score (nSPS) is 11.2. The average Bonchev–Trinajstić information content (AvgIpc) is 2.71. The molecular weight excluding hydrogens is 364 g/mol. The Morgan fingerprint density at radius 1 is 0.931 bits per heavy atom. The summed E-state index contributed by atoms with van der Waals surface area (Å²) in [5.41, 5.74) is 7.46. The number of phenolic OH excluding ortho intramolecular Hbond substituents is 1. The zero-order valence-corrected chi connectivity index (χ0v) is 16.3. The third-order valence-electron chi connectivity index (χ3n) is 4.38. The topological polar surface area (TPSA) is 86.4 Å². The number of hydrogen-bond donors (Lipinski definition) is 2. The van der Waals surface area contributed by atoms with Crippen LogP contribution >= 0.6 is 0 Å². The Labute approximate surface area is 169 Å². The molecule has 0 bridgehead atoms. The van der Waals surface area contributed by atoms with Gasteiger partial charge in [0.2, 0.25) is 5.91 Å². The smallest absolute Gasteiger partial charge is 0.244 e. The molecule has 0 heterocycles. The molecule has 146 valence electrons. The van der Waals surface area contributed by atoms with Crippen LogP contribution in [0.2, 0.25) is 0 Å². The molecule has 6 heteroatoms. The van der Waals surface area contributed by atoms with Crippen LogP contribution in [-0.2, 0) is 11.2 Å². The van der Waals surface area contributed by atoms with Gasteiger partial charge in [-0.25, -0.2) is 5.43 Å². The fraction of sp³-hybridized carbons (Fsp3) is 0.130. The fourth-order valence-electron chi connectivity index (χ4n) is 2.61. The number of aromatic hydroxyl groups is 1. The lowest BCUT2D eigenvalue weighted by Crippen LogP contribution is -2.19. The first-order valence-electron chi connectivity index (χ1n) is 9.19. The first kappa shape index (κ1) is 19.9. The maximum absolute atomic E-state index is 11.9. The fourth-order valence-corrected chi connectivity index (χ4v) is 2.61. The number of hydrazone groups is 1. The summed E-state index contributed by atoms with van der Waals surface area (Å²) in [5.74, 6) is -0.200. The largest absolute Gasteiger partial charge is 0.507 e. The molecule has 3 rings (SSSR count). The Balaban J connectivity index is 1.65. The molecule has 0 aliphatic rings. The zero-order chi connectivity index (χ0) is 20.6. The van der Waals surface area contributed by atoms with Gasteiger partial charge in [-0.1, -0.05) is 36.4 Å². The molecule has 29 heavy (non-hydrogen) atoms. The van der Waals surface area contributed by atoms with Crippen molar-refractivity contribution in [2.24, 2.45) is 15.3 Å². The van der Waals surface area contributed by atoms with Gasteiger partial charge in [-0.05, 0) is 60.9 Å². The van der Waals surface area contributed by atoms with Gasteiger partial charge in [0.05, 0.1) is 24.0 Å². The second kappa shape index (κ2) is 9.41. The first-order valence-corrected chi connectivity index (χ1v) is 9.19. The number of carbonyl (C=O) groups excluding carboxylic acids is 1. The molecule has 0 saturated heterocycles. The summed E-state index contributed by atoms with van der Waals surface area (Å²) in [6.07, 6.45) is 1.61. The Morgan fingerprint density at radius 3 is 2.34 bits per heavy atom. The molecule has 0 saturated carbocycles. The summed E-state index contributed by atoms with van der Waals surface area (Å²) in [6.45, 7) is 4.07. The quantitative estimate of drug-likeness (QED) is 0.350. The zero-order valence-electron chi connectivity index (χ0n) is 16.3. The van der Waals surface area contributed by atoms with Crippen molar-refractivity contribution in [3.05, 3.63) is 89.0 Å². The van der Waals surface area contributed by atoms with E-state index in [1.165, 1.54) is 17.8 Å². The summed E-state index contributed by atoms with van der Waals surface area (Å²) in [7, 11) is 0. The standard InChI is InChI=1S/C23H22N4O2/c1-16-8-9-20(12-17(16)2)25-26-21-10-11-22(28)19(14-21)15-24-27-23(29)13-18-6-4-3-5-7-18/h3-12,14-15,28H,13H2,1-2H3,(H,27,29)/b24-15+,26-25?. The van der Waals surface area contributed by atoms with Crippen molar-refractivity contribution in [2.75, 3.05) is 0 Å². The van der Waals surface area contributed by atoms with Crippen LogP contribution < -0.4 is 5.43 Å². The number of hydrogen-bond acceptors (Lipinski definition) is 5. The number of nitrogens with one attached hydrogen (secondary N) is 1. The monoisotopic (exact) mass is 386 g/mol. The number of amides is 1. The van der Waals surface area contributed by atoms with Crippen LogP contribution in [0.15, 0.2) is 82.1 Å². The third kappa shape index (κ3) is 5.84. The van der Waals surface area contributed by atoms with Gasteiger partial charge in [0, 0.05) is 5.56 Å². The van der Waals surface area contributed by atoms with Crippen LogP contribution in [0.5, 0.6) is 5.75 Å². The molecule has 0 aromatic heterocycles. The Bertz CT molecular complexity index is 1060. The van der Waals surface area contributed by atoms with Gasteiger partial charge in [-0.2, -0.15) is 15.3 Å². The SMILES string of the molecule is Cc1ccc(N=Nc2ccc(O)c(/C=N/NC(=O)Cc3ccccc3)c2)cc1C. The van der Waals surface area contributed by atoms with Gasteiger partial charge in [0.25, 0.3) is 0 Å². The van der Waals surface area contributed by atoms with Crippen molar-refractivity contribution in [1.29, 1.82) is 0 Å². The summed E-state index contributed by atoms with van der Waals surface area (Å²) >= 11 is 0. The highest BCUT2D eigenvalue weighted by molar-refractivity contribution is 5.86. The lowest BCUT2D eigenvalue weighted by atomic mass is 10.1. The van der Waals surface area contributed by atoms with E-state index >= 15 is 0 Å². The summed E-state index contributed by atoms with van der Waals surface area (Å²) in [5, 5.41) is 22.4. The predicted molar refractivity (Wildman–Crippen MR) is 114 cm³/mol. The number of benzene rings is 3. The van der Waals surface area contributed by atoms with Gasteiger partial charge >= 0.3 is 0 Å². The number of carbonyl (C=O) groups is 1. The third-order valence-corrected chi connectivity index (χ3v) is 4.38. The molecule has 0 aliphatic carbocycles. The highest BCUT2D eigenvalue weighted by Gasteiger charge is 2.03. The summed E-state index contributed by atoms with van der Waals surface area (Å²) < 4.78 is 0. The molecular formula is C23H22N4O2. The van der Waals surface area contributed by atoms with Gasteiger partial charge in [0.1, 0.15) is 5.75 Å². The van der Waals surface area contributed by atoms with Gasteiger partial charge in [-0.15, -0.1) is 0 Å². The Morgan fingerprint density at radius 2 is 1.62 bits per heavy atom. The van der Waals surface area contributed by atoms with E-state index in [1.807, 2.05) is 62.4 Å². The summed E-state index contributed by atoms with van der Waals surface area (Å²) in [6, 6.07) is 20.1. The number of phenols is 1. The van der Waals surface area contributed by atoms with E-state index in [0.717, 1.165) is 16.8 Å². The van der Waals surface area contributed by atoms with E-state index in [0.29, 0.717) is 11.3 Å². The van der Waals surface area contributed by atoms with E-state index in [-0.39, 0.29) is 18.1 Å². The van der Waals surface area contributed by atoms with Gasteiger partial charge < -0.3 is 5.11 Å². The van der Waals surface area contributed by atoms with Gasteiger partial charge in [0.15, 0.2) is 0 Å². The van der Waals surface area contributed by atoms with E-state index in [9.17, 15) is 9.90 Å². The lowest BCUT2D eigenvalue weighted by molar-refractivity contribution is -0.120. The predicted octanol–water partition coefficient (Wildman–Crippen LogP) is 5.12. The van der Waals surface area contributed by atoms with E-state index in [4.69, 9.17) is 0 Å². The molecule has 0 spiro atoms. The second-order valence-electron chi connectivity index (χ2n) is 6.67. The van der Waals surface area contributed by atoms with Crippen LogP contribution in [0, 0.1) is 13.8 Å². The van der Waals surface area contributed by atoms with Crippen LogP contribution in [-0.4, -0.2) is 17.2 Å². The van der Waals surface area contributed by atoms with E-state index in [1.54, 1.807) is 12.1 Å². The molecule has 3 aromatic rings. The molecule has 6 nitrogen and oxygen atoms in total. The molecule has 1 amide bonds. The minimum absolute atomic E-state index is 0.0381. The molecule has 0 aliphatic heterocycles. The maximum atomic E-state index is 11.9. The number of azo groups is 1. The second-order valence-corrected chi connectivity index (χ2v) is 6.67. The molecule has 0 unspecified atom stereocenters. The molecule has 2 N–H and O–H groups in total. The number of nitrogens with zero attached hydrogens (tertiary/aromatic N) is 3. The minimum atomic E-state index is -0.238. The van der Waals surface area contributed by atoms with Crippen LogP contribution in [0.4, 0.5) is 11.4 Å². The minimum Gasteiger partial charge on any atom is -0.507 e. The van der Waals surface area contributed by atoms with Crippen molar-refractivity contribution in [2.45, 2.75) is 20.3 Å². The molecule has 0 fully saturated rings. The van der Waals surface area contributed by atoms with Crippen molar-refractivity contribution >= 4 is 23.5 Å². The number of aryl methyl sites for hydroxylation is 2. The van der Waals surface area contributed by atoms with Crippen molar-refractivity contribution in [3.63, 3.8) is 0 Å². The van der Waals surface area contributed by atoms with Crippen LogP contribution in [0.25, 0.3) is 0 Å². The van der Waals surface area contributed by atoms with E-state index < -0.39 is 0 Å². The molecule has 0 radical (unpaired) electrons. The highest BCUT2D eigenvalue weighted by Crippen LogP contribution is 2.25. The van der Waals surface area contributed by atoms with Crippen molar-refractivity contribution in [1.82, 2.24) is 5.43 Å². The average molecular weight is 386 g/mol. The van der Waals surface area contributed by atoms with E-state index in [2.05, 4.69) is 20.8 Å². The molecule has 3 aromatic carbocycles. The summed E-state index contributed by atoms with van der Waals surface area (Å²) in [4.78, 5) is 11.9. The number of rotatable bonds is 6. The van der Waals surface area contributed by atoms with Gasteiger partial charge in [-0.3, -0.25) is 4.79 Å². The first-order chi connectivity index (χ1) is 14.0. The lowest BCUT2D eigenvalue weighted by Gasteiger charge is -2.02. The Hall–Kier alpha value is -3.80. The Kier molecular flexibility index (Phi) is 6.47. The van der Waals surface area contributed by atoms with Crippen LogP contribution in [0.1, 0.15) is 22.3 Å². The molecule has 0 atom stereocenters.